The van der Waals surface area contributed by atoms with E-state index in [9.17, 15) is 4.79 Å². The topological polar surface area (TPSA) is 49.6 Å². The molecule has 0 unspecified atom stereocenters. The van der Waals surface area contributed by atoms with Crippen LogP contribution in [0.1, 0.15) is 18.9 Å². The fraction of sp³-hybridized carbons (Fsp3) is 0.533. The molecule has 1 aromatic carbocycles. The Morgan fingerprint density at radius 2 is 1.79 bits per heavy atom. The number of primary amides is 1. The molecule has 2 N–H and O–H groups in total. The van der Waals surface area contributed by atoms with Gasteiger partial charge in [-0.3, -0.25) is 9.69 Å². The second-order valence-corrected chi connectivity index (χ2v) is 5.14. The number of rotatable bonds is 5. The van der Waals surface area contributed by atoms with E-state index in [0.717, 1.165) is 31.7 Å². The highest BCUT2D eigenvalue weighted by molar-refractivity contribution is 5.76. The monoisotopic (exact) mass is 261 g/mol. The van der Waals surface area contributed by atoms with Gasteiger partial charge in [0.2, 0.25) is 5.91 Å². The van der Waals surface area contributed by atoms with Crippen LogP contribution in [0.25, 0.3) is 0 Å². The molecular formula is C15H23N3O. The molecule has 0 radical (unpaired) electrons. The predicted octanol–water partition coefficient (Wildman–Crippen LogP) is 1.25. The number of nitrogens with zero attached hydrogens (tertiary/aromatic N) is 2. The van der Waals surface area contributed by atoms with Gasteiger partial charge in [-0.05, 0) is 30.7 Å². The summed E-state index contributed by atoms with van der Waals surface area (Å²) in [6, 6.07) is 8.18. The molecule has 0 aromatic heterocycles. The van der Waals surface area contributed by atoms with Gasteiger partial charge in [0.15, 0.2) is 0 Å². The first-order chi connectivity index (χ1) is 9.19. The lowest BCUT2D eigenvalue weighted by atomic mass is 10.1. The normalized spacial score (nSPS) is 16.6. The molecule has 19 heavy (non-hydrogen) atoms. The zero-order chi connectivity index (χ0) is 13.7. The average Bonchev–Trinajstić information content (AvgIpc) is 2.40. The number of benzene rings is 1. The van der Waals surface area contributed by atoms with E-state index in [2.05, 4.69) is 28.9 Å². The molecule has 104 valence electrons. The molecular weight excluding hydrogens is 238 g/mol. The number of hydrogen-bond donors (Lipinski definition) is 1. The van der Waals surface area contributed by atoms with Gasteiger partial charge in [-0.15, -0.1) is 0 Å². The smallest absolute Gasteiger partial charge is 0.221 e. The fourth-order valence-electron chi connectivity index (χ4n) is 2.57. The predicted molar refractivity (Wildman–Crippen MR) is 78.3 cm³/mol. The molecule has 2 rings (SSSR count). The summed E-state index contributed by atoms with van der Waals surface area (Å²) in [5, 5.41) is 0. The van der Waals surface area contributed by atoms with E-state index in [1.54, 1.807) is 0 Å². The number of carbonyl (C=O) groups excluding carboxylic acids is 1. The first-order valence-corrected chi connectivity index (χ1v) is 7.03. The van der Waals surface area contributed by atoms with Crippen LogP contribution in [0.5, 0.6) is 0 Å². The number of anilines is 1. The van der Waals surface area contributed by atoms with Crippen molar-refractivity contribution in [3.63, 3.8) is 0 Å². The summed E-state index contributed by atoms with van der Waals surface area (Å²) in [6.07, 6.45) is 1.55. The molecule has 4 nitrogen and oxygen atoms in total. The van der Waals surface area contributed by atoms with Gasteiger partial charge in [0.25, 0.3) is 0 Å². The highest BCUT2D eigenvalue weighted by atomic mass is 16.1. The summed E-state index contributed by atoms with van der Waals surface area (Å²) in [6.45, 7) is 7.85. The van der Waals surface area contributed by atoms with Gasteiger partial charge in [-0.1, -0.05) is 19.1 Å². The molecule has 1 amide bonds. The van der Waals surface area contributed by atoms with Crippen LogP contribution in [0.3, 0.4) is 0 Å². The quantitative estimate of drug-likeness (QED) is 0.868. The van der Waals surface area contributed by atoms with Crippen LogP contribution in [-0.2, 0) is 11.2 Å². The van der Waals surface area contributed by atoms with Gasteiger partial charge >= 0.3 is 0 Å². The Labute approximate surface area is 115 Å². The minimum absolute atomic E-state index is 0.277. The van der Waals surface area contributed by atoms with Gasteiger partial charge in [0.1, 0.15) is 0 Å². The van der Waals surface area contributed by atoms with E-state index >= 15 is 0 Å². The highest BCUT2D eigenvalue weighted by Gasteiger charge is 2.16. The van der Waals surface area contributed by atoms with Crippen LogP contribution >= 0.6 is 0 Å². The molecule has 1 aliphatic heterocycles. The lowest BCUT2D eigenvalue weighted by molar-refractivity contribution is -0.117. The maximum atomic E-state index is 10.9. The first-order valence-electron chi connectivity index (χ1n) is 7.03. The molecule has 1 heterocycles. The molecule has 4 heteroatoms. The highest BCUT2D eigenvalue weighted by Crippen LogP contribution is 2.17. The van der Waals surface area contributed by atoms with Crippen LogP contribution < -0.4 is 10.6 Å². The summed E-state index contributed by atoms with van der Waals surface area (Å²) in [4.78, 5) is 15.8. The molecule has 0 atom stereocenters. The van der Waals surface area contributed by atoms with Crippen LogP contribution in [0.15, 0.2) is 24.3 Å². The van der Waals surface area contributed by atoms with Crippen molar-refractivity contribution < 1.29 is 4.79 Å². The molecule has 0 aliphatic carbocycles. The molecule has 1 saturated heterocycles. The third kappa shape index (κ3) is 3.96. The van der Waals surface area contributed by atoms with Crippen molar-refractivity contribution in [2.24, 2.45) is 5.73 Å². The van der Waals surface area contributed by atoms with Crippen molar-refractivity contribution in [2.75, 3.05) is 37.6 Å². The maximum Gasteiger partial charge on any atom is 0.221 e. The largest absolute Gasteiger partial charge is 0.369 e. The van der Waals surface area contributed by atoms with Gasteiger partial charge in [0.05, 0.1) is 6.42 Å². The Bertz CT molecular complexity index is 408. The summed E-state index contributed by atoms with van der Waals surface area (Å²) in [7, 11) is 0. The average molecular weight is 261 g/mol. The minimum Gasteiger partial charge on any atom is -0.369 e. The van der Waals surface area contributed by atoms with Gasteiger partial charge in [-0.25, -0.2) is 0 Å². The third-order valence-corrected chi connectivity index (χ3v) is 3.59. The molecule has 0 saturated carbocycles. The van der Waals surface area contributed by atoms with E-state index in [0.29, 0.717) is 6.42 Å². The number of piperazine rings is 1. The van der Waals surface area contributed by atoms with Crippen molar-refractivity contribution in [3.8, 4) is 0 Å². The standard InChI is InChI=1S/C15H23N3O/c1-2-7-17-8-10-18(11-9-17)14-5-3-13(4-6-14)12-15(16)19/h3-6H,2,7-12H2,1H3,(H2,16,19). The van der Waals surface area contributed by atoms with Crippen LogP contribution in [0, 0.1) is 0 Å². The minimum atomic E-state index is -0.277. The van der Waals surface area contributed by atoms with Crippen molar-refractivity contribution in [1.82, 2.24) is 4.90 Å². The molecule has 1 aromatic rings. The lowest BCUT2D eigenvalue weighted by Crippen LogP contribution is -2.46. The summed E-state index contributed by atoms with van der Waals surface area (Å²) in [5.41, 5.74) is 7.42. The van der Waals surface area contributed by atoms with Crippen LogP contribution in [-0.4, -0.2) is 43.5 Å². The van der Waals surface area contributed by atoms with Crippen molar-refractivity contribution >= 4 is 11.6 Å². The van der Waals surface area contributed by atoms with E-state index in [1.807, 2.05) is 12.1 Å². The van der Waals surface area contributed by atoms with Gasteiger partial charge < -0.3 is 10.6 Å². The summed E-state index contributed by atoms with van der Waals surface area (Å²) in [5.74, 6) is -0.277. The Morgan fingerprint density at radius 3 is 2.32 bits per heavy atom. The fourth-order valence-corrected chi connectivity index (χ4v) is 2.57. The maximum absolute atomic E-state index is 10.9. The number of carbonyl (C=O) groups is 1. The Balaban J connectivity index is 1.90. The molecule has 0 bridgehead atoms. The number of nitrogens with two attached hydrogens (primary N) is 1. The molecule has 1 fully saturated rings. The number of amides is 1. The van der Waals surface area contributed by atoms with E-state index in [1.165, 1.54) is 18.7 Å². The third-order valence-electron chi connectivity index (χ3n) is 3.59. The van der Waals surface area contributed by atoms with Crippen molar-refractivity contribution in [3.05, 3.63) is 29.8 Å². The second kappa shape index (κ2) is 6.57. The van der Waals surface area contributed by atoms with Crippen LogP contribution in [0.2, 0.25) is 0 Å². The van der Waals surface area contributed by atoms with Crippen molar-refractivity contribution in [2.45, 2.75) is 19.8 Å². The Morgan fingerprint density at radius 1 is 1.16 bits per heavy atom. The van der Waals surface area contributed by atoms with Crippen molar-refractivity contribution in [1.29, 1.82) is 0 Å². The first kappa shape index (κ1) is 13.9. The van der Waals surface area contributed by atoms with E-state index < -0.39 is 0 Å². The molecule has 1 aliphatic rings. The van der Waals surface area contributed by atoms with Crippen LogP contribution in [0.4, 0.5) is 5.69 Å². The van der Waals surface area contributed by atoms with E-state index in [4.69, 9.17) is 5.73 Å². The summed E-state index contributed by atoms with van der Waals surface area (Å²) >= 11 is 0. The zero-order valence-electron chi connectivity index (χ0n) is 11.6. The Kier molecular flexibility index (Phi) is 4.80. The summed E-state index contributed by atoms with van der Waals surface area (Å²) < 4.78 is 0. The lowest BCUT2D eigenvalue weighted by Gasteiger charge is -2.36. The van der Waals surface area contributed by atoms with Gasteiger partial charge in [-0.2, -0.15) is 0 Å². The SMILES string of the molecule is CCCN1CCN(c2ccc(CC(N)=O)cc2)CC1. The number of hydrogen-bond acceptors (Lipinski definition) is 3. The second-order valence-electron chi connectivity index (χ2n) is 5.14. The van der Waals surface area contributed by atoms with Gasteiger partial charge in [0, 0.05) is 31.9 Å². The zero-order valence-corrected chi connectivity index (χ0v) is 11.6. The molecule has 0 spiro atoms. The Hall–Kier alpha value is -1.55. The van der Waals surface area contributed by atoms with E-state index in [-0.39, 0.29) is 5.91 Å².